The maximum absolute atomic E-state index is 13.7. The highest BCUT2D eigenvalue weighted by Crippen LogP contribution is 2.23. The first-order chi connectivity index (χ1) is 9.38. The molecule has 1 unspecified atom stereocenters. The molecule has 0 spiro atoms. The van der Waals surface area contributed by atoms with Gasteiger partial charge in [0, 0.05) is 17.7 Å². The van der Waals surface area contributed by atoms with E-state index >= 15 is 0 Å². The molecule has 2 N–H and O–H groups in total. The number of nitrogens with two attached hydrogens (primary N) is 1. The van der Waals surface area contributed by atoms with Crippen molar-refractivity contribution < 1.29 is 17.6 Å². The predicted octanol–water partition coefficient (Wildman–Crippen LogP) is 3.79. The van der Waals surface area contributed by atoms with Crippen molar-refractivity contribution in [3.05, 3.63) is 70.3 Å². The predicted molar refractivity (Wildman–Crippen MR) is 68.1 cm³/mol. The van der Waals surface area contributed by atoms with Gasteiger partial charge in [-0.2, -0.15) is 0 Å². The van der Waals surface area contributed by atoms with Gasteiger partial charge in [-0.15, -0.1) is 0 Å². The fraction of sp³-hybridized carbons (Fsp3) is 0.200. The lowest BCUT2D eigenvalue weighted by Gasteiger charge is -2.15. The summed E-state index contributed by atoms with van der Waals surface area (Å²) in [4.78, 5) is 0. The van der Waals surface area contributed by atoms with Gasteiger partial charge in [-0.3, -0.25) is 0 Å². The second kappa shape index (κ2) is 5.63. The molecule has 0 aliphatic rings. The van der Waals surface area contributed by atoms with Gasteiger partial charge in [0.15, 0.2) is 0 Å². The van der Waals surface area contributed by atoms with Gasteiger partial charge >= 0.3 is 0 Å². The lowest BCUT2D eigenvalue weighted by atomic mass is 9.97. The molecule has 0 bridgehead atoms. The minimum atomic E-state index is -0.884. The van der Waals surface area contributed by atoms with Crippen LogP contribution in [0, 0.1) is 30.2 Å². The number of hydrogen-bond donors (Lipinski definition) is 1. The lowest BCUT2D eigenvalue weighted by Crippen LogP contribution is -2.16. The Labute approximate surface area is 114 Å². The highest BCUT2D eigenvalue weighted by molar-refractivity contribution is 5.30. The van der Waals surface area contributed by atoms with E-state index in [4.69, 9.17) is 5.73 Å². The molecule has 106 valence electrons. The Balaban J connectivity index is 2.30. The van der Waals surface area contributed by atoms with Gasteiger partial charge < -0.3 is 5.73 Å². The molecule has 20 heavy (non-hydrogen) atoms. The fourth-order valence-corrected chi connectivity index (χ4v) is 2.01. The Morgan fingerprint density at radius 3 is 2.35 bits per heavy atom. The fourth-order valence-electron chi connectivity index (χ4n) is 2.01. The number of rotatable bonds is 3. The zero-order valence-electron chi connectivity index (χ0n) is 10.8. The zero-order chi connectivity index (χ0) is 14.9. The van der Waals surface area contributed by atoms with Crippen molar-refractivity contribution in [3.63, 3.8) is 0 Å². The number of benzene rings is 2. The molecule has 0 radical (unpaired) electrons. The van der Waals surface area contributed by atoms with Gasteiger partial charge in [-0.1, -0.05) is 0 Å². The molecular weight excluding hydrogens is 270 g/mol. The molecule has 2 aromatic rings. The van der Waals surface area contributed by atoms with Crippen LogP contribution in [0.1, 0.15) is 22.7 Å². The Kier molecular flexibility index (Phi) is 4.09. The molecule has 2 rings (SSSR count). The highest BCUT2D eigenvalue weighted by Gasteiger charge is 2.16. The summed E-state index contributed by atoms with van der Waals surface area (Å²) in [5.41, 5.74) is 6.19. The Bertz CT molecular complexity index is 640. The molecule has 5 heteroatoms. The maximum Gasteiger partial charge on any atom is 0.130 e. The maximum atomic E-state index is 13.7. The Morgan fingerprint density at radius 2 is 1.65 bits per heavy atom. The first kappa shape index (κ1) is 14.5. The molecule has 0 saturated carbocycles. The van der Waals surface area contributed by atoms with Gasteiger partial charge in [-0.25, -0.2) is 17.6 Å². The van der Waals surface area contributed by atoms with Crippen LogP contribution in [0.5, 0.6) is 0 Å². The third-order valence-corrected chi connectivity index (χ3v) is 3.13. The molecule has 0 heterocycles. The van der Waals surface area contributed by atoms with Crippen molar-refractivity contribution in [2.24, 2.45) is 5.73 Å². The number of aryl methyl sites for hydroxylation is 1. The molecule has 0 aliphatic heterocycles. The standard InChI is InChI=1S/C15H13F4N/c1-8-4-11(14(19)7-13(8)18)15(20)6-9-5-10(16)2-3-12(9)17/h2-5,7,15H,6,20H2,1H3. The summed E-state index contributed by atoms with van der Waals surface area (Å²) in [6.45, 7) is 1.48. The van der Waals surface area contributed by atoms with E-state index < -0.39 is 29.3 Å². The van der Waals surface area contributed by atoms with E-state index in [1.165, 1.54) is 13.0 Å². The van der Waals surface area contributed by atoms with Crippen LogP contribution in [-0.4, -0.2) is 0 Å². The molecule has 0 aliphatic carbocycles. The van der Waals surface area contributed by atoms with Crippen LogP contribution in [-0.2, 0) is 6.42 Å². The van der Waals surface area contributed by atoms with Crippen LogP contribution >= 0.6 is 0 Å². The summed E-state index contributed by atoms with van der Waals surface area (Å²) in [6.07, 6.45) is -0.0778. The van der Waals surface area contributed by atoms with Crippen LogP contribution < -0.4 is 5.73 Å². The third kappa shape index (κ3) is 2.99. The molecule has 0 amide bonds. The minimum Gasteiger partial charge on any atom is -0.324 e. The SMILES string of the molecule is Cc1cc(C(N)Cc2cc(F)ccc2F)c(F)cc1F. The summed E-state index contributed by atoms with van der Waals surface area (Å²) < 4.78 is 53.4. The smallest absolute Gasteiger partial charge is 0.130 e. The van der Waals surface area contributed by atoms with Crippen LogP contribution in [0.2, 0.25) is 0 Å². The summed E-state index contributed by atoms with van der Waals surface area (Å²) in [7, 11) is 0. The highest BCUT2D eigenvalue weighted by atomic mass is 19.1. The summed E-state index contributed by atoms with van der Waals surface area (Å²) >= 11 is 0. The minimum absolute atomic E-state index is 0.0545. The van der Waals surface area contributed by atoms with Gasteiger partial charge in [0.05, 0.1) is 0 Å². The lowest BCUT2D eigenvalue weighted by molar-refractivity contribution is 0.539. The summed E-state index contributed by atoms with van der Waals surface area (Å²) in [6, 6.07) is 4.14. The molecule has 1 nitrogen and oxygen atoms in total. The van der Waals surface area contributed by atoms with Crippen molar-refractivity contribution in [3.8, 4) is 0 Å². The van der Waals surface area contributed by atoms with E-state index in [9.17, 15) is 17.6 Å². The van der Waals surface area contributed by atoms with Crippen LogP contribution in [0.15, 0.2) is 30.3 Å². The van der Waals surface area contributed by atoms with Crippen molar-refractivity contribution in [2.45, 2.75) is 19.4 Å². The summed E-state index contributed by atoms with van der Waals surface area (Å²) in [5.74, 6) is -2.67. The van der Waals surface area contributed by atoms with Crippen LogP contribution in [0.4, 0.5) is 17.6 Å². The van der Waals surface area contributed by atoms with E-state index in [1.54, 1.807) is 0 Å². The topological polar surface area (TPSA) is 26.0 Å². The van der Waals surface area contributed by atoms with Gasteiger partial charge in [-0.05, 0) is 48.7 Å². The molecular formula is C15H13F4N. The molecule has 0 saturated heterocycles. The van der Waals surface area contributed by atoms with Crippen molar-refractivity contribution in [1.29, 1.82) is 0 Å². The van der Waals surface area contributed by atoms with Crippen molar-refractivity contribution in [2.75, 3.05) is 0 Å². The van der Waals surface area contributed by atoms with Crippen molar-refractivity contribution in [1.82, 2.24) is 0 Å². The van der Waals surface area contributed by atoms with Gasteiger partial charge in [0.1, 0.15) is 23.3 Å². The van der Waals surface area contributed by atoms with Crippen LogP contribution in [0.3, 0.4) is 0 Å². The largest absolute Gasteiger partial charge is 0.324 e. The van der Waals surface area contributed by atoms with Crippen LogP contribution in [0.25, 0.3) is 0 Å². The summed E-state index contributed by atoms with van der Waals surface area (Å²) in [5, 5.41) is 0. The second-order valence-electron chi connectivity index (χ2n) is 4.67. The normalized spacial score (nSPS) is 12.5. The molecule has 0 aromatic heterocycles. The molecule has 1 atom stereocenters. The van der Waals surface area contributed by atoms with E-state index in [0.29, 0.717) is 0 Å². The van der Waals surface area contributed by atoms with Crippen molar-refractivity contribution >= 4 is 0 Å². The average Bonchev–Trinajstić information content (AvgIpc) is 2.38. The quantitative estimate of drug-likeness (QED) is 0.852. The number of halogens is 4. The second-order valence-corrected chi connectivity index (χ2v) is 4.67. The van der Waals surface area contributed by atoms with E-state index in [-0.39, 0.29) is 23.1 Å². The molecule has 2 aromatic carbocycles. The van der Waals surface area contributed by atoms with E-state index in [2.05, 4.69) is 0 Å². The Morgan fingerprint density at radius 1 is 0.950 bits per heavy atom. The van der Waals surface area contributed by atoms with E-state index in [1.807, 2.05) is 0 Å². The number of hydrogen-bond acceptors (Lipinski definition) is 1. The van der Waals surface area contributed by atoms with Gasteiger partial charge in [0.25, 0.3) is 0 Å². The monoisotopic (exact) mass is 283 g/mol. The average molecular weight is 283 g/mol. The van der Waals surface area contributed by atoms with Gasteiger partial charge in [0.2, 0.25) is 0 Å². The Hall–Kier alpha value is -1.88. The molecule has 0 fully saturated rings. The third-order valence-electron chi connectivity index (χ3n) is 3.13. The van der Waals surface area contributed by atoms with E-state index in [0.717, 1.165) is 24.3 Å². The first-order valence-corrected chi connectivity index (χ1v) is 6.03. The first-order valence-electron chi connectivity index (χ1n) is 6.03. The zero-order valence-corrected chi connectivity index (χ0v) is 10.8.